The molecular formula is C16H14BrClFNO. The summed E-state index contributed by atoms with van der Waals surface area (Å²) in [5, 5.41) is 0. The topological polar surface area (TPSA) is 20.3 Å². The summed E-state index contributed by atoms with van der Waals surface area (Å²) >= 11 is 8.87. The molecule has 0 saturated carbocycles. The molecule has 2 nitrogen and oxygen atoms in total. The van der Waals surface area contributed by atoms with Gasteiger partial charge in [-0.25, -0.2) is 4.39 Å². The van der Waals surface area contributed by atoms with Gasteiger partial charge >= 0.3 is 0 Å². The zero-order valence-corrected chi connectivity index (χ0v) is 13.6. The highest BCUT2D eigenvalue weighted by atomic mass is 79.9. The Labute approximate surface area is 136 Å². The number of benzene rings is 2. The lowest BCUT2D eigenvalue weighted by atomic mass is 10.1. The Morgan fingerprint density at radius 2 is 1.86 bits per heavy atom. The van der Waals surface area contributed by atoms with E-state index in [2.05, 4.69) is 15.9 Å². The first-order valence-corrected chi connectivity index (χ1v) is 7.79. The van der Waals surface area contributed by atoms with Gasteiger partial charge in [-0.05, 0) is 33.6 Å². The van der Waals surface area contributed by atoms with Gasteiger partial charge in [0.25, 0.3) is 5.91 Å². The van der Waals surface area contributed by atoms with Gasteiger partial charge in [-0.2, -0.15) is 0 Å². The zero-order valence-electron chi connectivity index (χ0n) is 11.2. The molecule has 2 rings (SSSR count). The first-order valence-electron chi connectivity index (χ1n) is 6.46. The molecule has 2 aromatic carbocycles. The normalized spacial score (nSPS) is 10.4. The molecule has 0 aliphatic carbocycles. The summed E-state index contributed by atoms with van der Waals surface area (Å²) in [4.78, 5) is 14.1. The van der Waals surface area contributed by atoms with Gasteiger partial charge < -0.3 is 4.90 Å². The number of alkyl halides is 1. The average molecular weight is 371 g/mol. The van der Waals surface area contributed by atoms with E-state index in [1.807, 2.05) is 30.3 Å². The van der Waals surface area contributed by atoms with E-state index in [1.165, 1.54) is 6.07 Å². The van der Waals surface area contributed by atoms with Crippen molar-refractivity contribution in [1.29, 1.82) is 0 Å². The van der Waals surface area contributed by atoms with Crippen LogP contribution in [0.3, 0.4) is 0 Å². The molecular weight excluding hydrogens is 357 g/mol. The Kier molecular flexibility index (Phi) is 5.76. The van der Waals surface area contributed by atoms with Crippen LogP contribution < -0.4 is 0 Å². The molecule has 0 heterocycles. The third-order valence-corrected chi connectivity index (χ3v) is 3.82. The molecule has 0 saturated heterocycles. The van der Waals surface area contributed by atoms with Crippen molar-refractivity contribution in [2.45, 2.75) is 6.54 Å². The molecule has 5 heteroatoms. The van der Waals surface area contributed by atoms with Crippen molar-refractivity contribution in [3.63, 3.8) is 0 Å². The maximum atomic E-state index is 14.1. The van der Waals surface area contributed by atoms with Crippen LogP contribution in [0, 0.1) is 5.82 Å². The fraction of sp³-hybridized carbons (Fsp3) is 0.188. The molecule has 0 aliphatic heterocycles. The quantitative estimate of drug-likeness (QED) is 0.711. The van der Waals surface area contributed by atoms with E-state index >= 15 is 0 Å². The van der Waals surface area contributed by atoms with Gasteiger partial charge in [0.05, 0.1) is 10.0 Å². The summed E-state index contributed by atoms with van der Waals surface area (Å²) in [7, 11) is 0. The Hall–Kier alpha value is -1.39. The van der Waals surface area contributed by atoms with Crippen molar-refractivity contribution >= 4 is 33.4 Å². The Morgan fingerprint density at radius 1 is 1.14 bits per heavy atom. The van der Waals surface area contributed by atoms with Crippen LogP contribution in [-0.4, -0.2) is 23.2 Å². The zero-order chi connectivity index (χ0) is 15.2. The third-order valence-electron chi connectivity index (χ3n) is 3.04. The van der Waals surface area contributed by atoms with Gasteiger partial charge in [0.2, 0.25) is 0 Å². The largest absolute Gasteiger partial charge is 0.333 e. The summed E-state index contributed by atoms with van der Waals surface area (Å²) in [6.07, 6.45) is 0. The molecule has 2 aromatic rings. The predicted molar refractivity (Wildman–Crippen MR) is 86.0 cm³/mol. The Balaban J connectivity index is 2.25. The lowest BCUT2D eigenvalue weighted by Gasteiger charge is -2.22. The molecule has 1 amide bonds. The van der Waals surface area contributed by atoms with Crippen molar-refractivity contribution in [2.24, 2.45) is 0 Å². The molecule has 0 N–H and O–H groups in total. The lowest BCUT2D eigenvalue weighted by Crippen LogP contribution is -2.33. The van der Waals surface area contributed by atoms with Crippen molar-refractivity contribution in [3.05, 3.63) is 69.9 Å². The second-order valence-electron chi connectivity index (χ2n) is 4.50. The van der Waals surface area contributed by atoms with Crippen LogP contribution >= 0.6 is 27.5 Å². The van der Waals surface area contributed by atoms with Gasteiger partial charge in [0.15, 0.2) is 0 Å². The molecule has 0 fully saturated rings. The molecule has 21 heavy (non-hydrogen) atoms. The summed E-state index contributed by atoms with van der Waals surface area (Å²) in [6.45, 7) is 0.763. The van der Waals surface area contributed by atoms with Crippen molar-refractivity contribution < 1.29 is 9.18 Å². The fourth-order valence-corrected chi connectivity index (χ4v) is 2.57. The van der Waals surface area contributed by atoms with E-state index in [4.69, 9.17) is 11.6 Å². The smallest absolute Gasteiger partial charge is 0.257 e. The van der Waals surface area contributed by atoms with Crippen molar-refractivity contribution in [2.75, 3.05) is 12.4 Å². The van der Waals surface area contributed by atoms with E-state index in [1.54, 1.807) is 17.0 Å². The first-order chi connectivity index (χ1) is 10.1. The van der Waals surface area contributed by atoms with Gasteiger partial charge in [-0.3, -0.25) is 4.79 Å². The monoisotopic (exact) mass is 369 g/mol. The molecule has 0 radical (unpaired) electrons. The van der Waals surface area contributed by atoms with Crippen LogP contribution in [-0.2, 0) is 6.54 Å². The number of halogens is 3. The highest BCUT2D eigenvalue weighted by Gasteiger charge is 2.20. The van der Waals surface area contributed by atoms with Gasteiger partial charge in [0, 0.05) is 19.0 Å². The molecule has 0 unspecified atom stereocenters. The minimum absolute atomic E-state index is 0.0467. The molecule has 0 atom stereocenters. The predicted octanol–water partition coefficient (Wildman–Crippen LogP) is 4.47. The minimum Gasteiger partial charge on any atom is -0.333 e. The van der Waals surface area contributed by atoms with E-state index in [0.29, 0.717) is 19.0 Å². The Bertz CT molecular complexity index is 621. The summed E-state index contributed by atoms with van der Waals surface area (Å²) in [5.41, 5.74) is 1.02. The second kappa shape index (κ2) is 7.57. The number of carbonyl (C=O) groups is 1. The van der Waals surface area contributed by atoms with E-state index < -0.39 is 5.82 Å². The fourth-order valence-electron chi connectivity index (χ4n) is 2.00. The average Bonchev–Trinajstić information content (AvgIpc) is 2.50. The van der Waals surface area contributed by atoms with Crippen LogP contribution in [0.15, 0.2) is 53.0 Å². The number of carbonyl (C=O) groups excluding carboxylic acids is 1. The number of hydrogen-bond acceptors (Lipinski definition) is 1. The van der Waals surface area contributed by atoms with Gasteiger partial charge in [-0.15, -0.1) is 11.6 Å². The Morgan fingerprint density at radius 3 is 2.52 bits per heavy atom. The van der Waals surface area contributed by atoms with Crippen LogP contribution in [0.4, 0.5) is 4.39 Å². The van der Waals surface area contributed by atoms with Gasteiger partial charge in [-0.1, -0.05) is 36.4 Å². The number of amides is 1. The summed E-state index contributed by atoms with van der Waals surface area (Å²) < 4.78 is 14.3. The second-order valence-corrected chi connectivity index (χ2v) is 5.73. The van der Waals surface area contributed by atoms with Crippen LogP contribution in [0.25, 0.3) is 0 Å². The number of nitrogens with zero attached hydrogens (tertiary/aromatic N) is 1. The number of rotatable bonds is 5. The molecule has 0 aliphatic rings. The van der Waals surface area contributed by atoms with Crippen LogP contribution in [0.2, 0.25) is 0 Å². The molecule has 0 bridgehead atoms. The minimum atomic E-state index is -0.546. The molecule has 0 aromatic heterocycles. The third kappa shape index (κ3) is 4.05. The van der Waals surface area contributed by atoms with Crippen molar-refractivity contribution in [1.82, 2.24) is 4.90 Å². The highest BCUT2D eigenvalue weighted by Crippen LogP contribution is 2.20. The van der Waals surface area contributed by atoms with E-state index in [0.717, 1.165) is 5.56 Å². The highest BCUT2D eigenvalue weighted by molar-refractivity contribution is 9.10. The SMILES string of the molecule is O=C(c1cccc(Br)c1F)N(CCCl)Cc1ccccc1. The standard InChI is InChI=1S/C16H14BrClFNO/c17-14-8-4-7-13(15(14)19)16(21)20(10-9-18)11-12-5-2-1-3-6-12/h1-8H,9-11H2. The van der Waals surface area contributed by atoms with E-state index in [9.17, 15) is 9.18 Å². The maximum Gasteiger partial charge on any atom is 0.257 e. The molecule has 0 spiro atoms. The summed E-state index contributed by atoms with van der Waals surface area (Å²) in [6, 6.07) is 14.2. The van der Waals surface area contributed by atoms with Crippen molar-refractivity contribution in [3.8, 4) is 0 Å². The molecule has 110 valence electrons. The maximum absolute atomic E-state index is 14.1. The van der Waals surface area contributed by atoms with Crippen LogP contribution in [0.1, 0.15) is 15.9 Å². The lowest BCUT2D eigenvalue weighted by molar-refractivity contribution is 0.0749. The first kappa shape index (κ1) is 16.0. The van der Waals surface area contributed by atoms with Crippen LogP contribution in [0.5, 0.6) is 0 Å². The van der Waals surface area contributed by atoms with Gasteiger partial charge in [0.1, 0.15) is 5.82 Å². The van der Waals surface area contributed by atoms with E-state index in [-0.39, 0.29) is 15.9 Å². The number of hydrogen-bond donors (Lipinski definition) is 0. The summed E-state index contributed by atoms with van der Waals surface area (Å²) in [5.74, 6) is -0.609.